The van der Waals surface area contributed by atoms with Gasteiger partial charge in [0.15, 0.2) is 0 Å². The van der Waals surface area contributed by atoms with Crippen LogP contribution in [-0.2, 0) is 21.3 Å². The van der Waals surface area contributed by atoms with Gasteiger partial charge in [-0.15, -0.1) is 15.7 Å². The molecule has 0 atom stereocenters. The monoisotopic (exact) mass is 432 g/mol. The average Bonchev–Trinajstić information content (AvgIpc) is 3.16. The lowest BCUT2D eigenvalue weighted by molar-refractivity contribution is 0.187. The van der Waals surface area contributed by atoms with E-state index in [1.807, 2.05) is 29.7 Å². The second-order valence-electron chi connectivity index (χ2n) is 5.22. The lowest BCUT2D eigenvalue weighted by Crippen LogP contribution is -2.19. The van der Waals surface area contributed by atoms with E-state index < -0.39 is 10.0 Å². The fourth-order valence-corrected chi connectivity index (χ4v) is 6.11. The van der Waals surface area contributed by atoms with Crippen molar-refractivity contribution in [3.05, 3.63) is 39.5 Å². The second-order valence-corrected chi connectivity index (χ2v) is 9.77. The van der Waals surface area contributed by atoms with Crippen LogP contribution in [0.1, 0.15) is 6.92 Å². The first-order valence-corrected chi connectivity index (χ1v) is 11.2. The number of hydrogen-bond donors (Lipinski definition) is 0. The standard InChI is InChI=1S/C16H17ClN2O4S3/c1-3-23-11-4-5-12-13(10-11)24-16(19(12)8-9-22-2)18-26(20,21)15-7-6-14(17)25-15/h4-7,10H,3,8-9H2,1-2H3/b18-16-. The molecule has 3 aromatic rings. The Morgan fingerprint density at radius 3 is 2.69 bits per heavy atom. The molecule has 10 heteroatoms. The molecule has 0 bridgehead atoms. The third-order valence-corrected chi connectivity index (χ3v) is 7.61. The van der Waals surface area contributed by atoms with Crippen LogP contribution in [0.4, 0.5) is 0 Å². The van der Waals surface area contributed by atoms with Crippen LogP contribution in [0.25, 0.3) is 10.2 Å². The molecule has 0 aliphatic rings. The maximum absolute atomic E-state index is 12.6. The Balaban J connectivity index is 2.16. The minimum Gasteiger partial charge on any atom is -0.494 e. The van der Waals surface area contributed by atoms with Gasteiger partial charge in [0, 0.05) is 13.7 Å². The van der Waals surface area contributed by atoms with Gasteiger partial charge in [-0.1, -0.05) is 22.9 Å². The van der Waals surface area contributed by atoms with Crippen molar-refractivity contribution in [2.75, 3.05) is 20.3 Å². The Hall–Kier alpha value is -1.39. The molecule has 140 valence electrons. The van der Waals surface area contributed by atoms with Crippen molar-refractivity contribution in [2.24, 2.45) is 4.40 Å². The molecule has 0 amide bonds. The first kappa shape index (κ1) is 19.4. The highest BCUT2D eigenvalue weighted by Crippen LogP contribution is 2.28. The van der Waals surface area contributed by atoms with Crippen molar-refractivity contribution in [1.29, 1.82) is 0 Å². The summed E-state index contributed by atoms with van der Waals surface area (Å²) in [4.78, 5) is 0.384. The van der Waals surface area contributed by atoms with Crippen LogP contribution in [-0.4, -0.2) is 33.3 Å². The number of rotatable bonds is 7. The van der Waals surface area contributed by atoms with Crippen LogP contribution >= 0.6 is 34.3 Å². The Labute approximate surface area is 164 Å². The Morgan fingerprint density at radius 2 is 2.04 bits per heavy atom. The molecule has 0 saturated carbocycles. The fraction of sp³-hybridized carbons (Fsp3) is 0.312. The molecular formula is C16H17ClN2O4S3. The highest BCUT2D eigenvalue weighted by Gasteiger charge is 2.17. The van der Waals surface area contributed by atoms with Gasteiger partial charge in [0.2, 0.25) is 4.80 Å². The summed E-state index contributed by atoms with van der Waals surface area (Å²) < 4.78 is 43.2. The van der Waals surface area contributed by atoms with E-state index >= 15 is 0 Å². The van der Waals surface area contributed by atoms with Crippen LogP contribution in [0, 0.1) is 0 Å². The topological polar surface area (TPSA) is 69.9 Å². The molecule has 0 unspecified atom stereocenters. The molecule has 0 aliphatic heterocycles. The zero-order valence-corrected chi connectivity index (χ0v) is 17.3. The van der Waals surface area contributed by atoms with Gasteiger partial charge in [0.1, 0.15) is 9.96 Å². The number of hydrogen-bond acceptors (Lipinski definition) is 6. The summed E-state index contributed by atoms with van der Waals surface area (Å²) in [6.45, 7) is 3.41. The Bertz CT molecular complexity index is 1080. The van der Waals surface area contributed by atoms with Gasteiger partial charge in [-0.05, 0) is 37.3 Å². The zero-order chi connectivity index (χ0) is 18.7. The minimum atomic E-state index is -3.83. The fourth-order valence-electron chi connectivity index (χ4n) is 2.36. The van der Waals surface area contributed by atoms with Crippen molar-refractivity contribution in [2.45, 2.75) is 17.7 Å². The van der Waals surface area contributed by atoms with Crippen molar-refractivity contribution in [1.82, 2.24) is 4.57 Å². The molecule has 0 saturated heterocycles. The number of aromatic nitrogens is 1. The summed E-state index contributed by atoms with van der Waals surface area (Å²) in [5.74, 6) is 0.736. The number of benzene rings is 1. The summed E-state index contributed by atoms with van der Waals surface area (Å²) in [6.07, 6.45) is 0. The number of ether oxygens (including phenoxy) is 2. The van der Waals surface area contributed by atoms with Gasteiger partial charge in [-0.2, -0.15) is 8.42 Å². The summed E-state index contributed by atoms with van der Waals surface area (Å²) >= 11 is 8.14. The highest BCUT2D eigenvalue weighted by atomic mass is 35.5. The third kappa shape index (κ3) is 4.12. The number of thiophene rings is 1. The SMILES string of the molecule is CCOc1ccc2c(c1)s/c(=N\S(=O)(=O)c1ccc(Cl)s1)n2CCOC. The number of fused-ring (bicyclic) bond motifs is 1. The smallest absolute Gasteiger partial charge is 0.294 e. The molecule has 0 fully saturated rings. The summed E-state index contributed by atoms with van der Waals surface area (Å²) in [7, 11) is -2.23. The largest absolute Gasteiger partial charge is 0.494 e. The van der Waals surface area contributed by atoms with Gasteiger partial charge in [0.05, 0.1) is 27.8 Å². The molecule has 0 N–H and O–H groups in total. The molecule has 6 nitrogen and oxygen atoms in total. The zero-order valence-electron chi connectivity index (χ0n) is 14.1. The molecule has 1 aromatic carbocycles. The van der Waals surface area contributed by atoms with Crippen molar-refractivity contribution >= 4 is 54.5 Å². The molecule has 0 aliphatic carbocycles. The van der Waals surface area contributed by atoms with Crippen molar-refractivity contribution in [3.63, 3.8) is 0 Å². The third-order valence-electron chi connectivity index (χ3n) is 3.49. The number of methoxy groups -OCH3 is 1. The predicted molar refractivity (Wildman–Crippen MR) is 105 cm³/mol. The lowest BCUT2D eigenvalue weighted by atomic mass is 10.3. The van der Waals surface area contributed by atoms with Crippen LogP contribution in [0.3, 0.4) is 0 Å². The molecule has 3 rings (SSSR count). The number of thiazole rings is 1. The highest BCUT2D eigenvalue weighted by molar-refractivity contribution is 7.92. The molecule has 0 spiro atoms. The van der Waals surface area contributed by atoms with Crippen LogP contribution in [0.2, 0.25) is 4.34 Å². The molecule has 0 radical (unpaired) electrons. The van der Waals surface area contributed by atoms with E-state index in [4.69, 9.17) is 21.1 Å². The van der Waals surface area contributed by atoms with Gasteiger partial charge in [-0.3, -0.25) is 0 Å². The summed E-state index contributed by atoms with van der Waals surface area (Å²) in [5, 5.41) is 0. The quantitative estimate of drug-likeness (QED) is 0.570. The first-order chi connectivity index (χ1) is 12.4. The van der Waals surface area contributed by atoms with E-state index in [1.165, 1.54) is 17.4 Å². The molecule has 2 heterocycles. The maximum Gasteiger partial charge on any atom is 0.294 e. The Morgan fingerprint density at radius 1 is 1.23 bits per heavy atom. The van der Waals surface area contributed by atoms with Crippen molar-refractivity contribution in [3.8, 4) is 5.75 Å². The van der Waals surface area contributed by atoms with E-state index in [0.29, 0.717) is 28.9 Å². The maximum atomic E-state index is 12.6. The second kappa shape index (κ2) is 8.10. The minimum absolute atomic E-state index is 0.119. The van der Waals surface area contributed by atoms with E-state index in [2.05, 4.69) is 4.40 Å². The van der Waals surface area contributed by atoms with Gasteiger partial charge in [-0.25, -0.2) is 0 Å². The van der Waals surface area contributed by atoms with Crippen LogP contribution in [0.15, 0.2) is 38.9 Å². The number of nitrogens with zero attached hydrogens (tertiary/aromatic N) is 2. The van der Waals surface area contributed by atoms with E-state index in [9.17, 15) is 8.42 Å². The average molecular weight is 433 g/mol. The first-order valence-electron chi connectivity index (χ1n) is 7.76. The summed E-state index contributed by atoms with van der Waals surface area (Å²) in [5.41, 5.74) is 0.883. The summed E-state index contributed by atoms with van der Waals surface area (Å²) in [6, 6.07) is 8.67. The van der Waals surface area contributed by atoms with E-state index in [-0.39, 0.29) is 4.21 Å². The Kier molecular flexibility index (Phi) is 6.03. The lowest BCUT2D eigenvalue weighted by Gasteiger charge is -2.05. The predicted octanol–water partition coefficient (Wildman–Crippen LogP) is 3.75. The van der Waals surface area contributed by atoms with E-state index in [1.54, 1.807) is 13.2 Å². The van der Waals surface area contributed by atoms with Gasteiger partial charge in [0.25, 0.3) is 10.0 Å². The number of sulfonamides is 1. The van der Waals surface area contributed by atoms with Crippen LogP contribution in [0.5, 0.6) is 5.75 Å². The normalized spacial score (nSPS) is 12.8. The molecular weight excluding hydrogens is 416 g/mol. The van der Waals surface area contributed by atoms with E-state index in [0.717, 1.165) is 27.3 Å². The molecule has 2 aromatic heterocycles. The molecule has 26 heavy (non-hydrogen) atoms. The van der Waals surface area contributed by atoms with Crippen LogP contribution < -0.4 is 9.54 Å². The van der Waals surface area contributed by atoms with Gasteiger partial charge >= 0.3 is 0 Å². The van der Waals surface area contributed by atoms with Crippen molar-refractivity contribution < 1.29 is 17.9 Å². The number of halogens is 1. The van der Waals surface area contributed by atoms with Gasteiger partial charge < -0.3 is 14.0 Å².